The molecular weight excluding hydrogens is 200 g/mol. The maximum Gasteiger partial charge on any atom is 0.157 e. The van der Waals surface area contributed by atoms with Gasteiger partial charge in [-0.15, -0.1) is 0 Å². The fourth-order valence-electron chi connectivity index (χ4n) is 1.63. The molecule has 16 heavy (non-hydrogen) atoms. The number of ether oxygens (including phenoxy) is 2. The van der Waals surface area contributed by atoms with Crippen LogP contribution in [0.1, 0.15) is 31.4 Å². The maximum atomic E-state index is 5.51. The van der Waals surface area contributed by atoms with Crippen LogP contribution in [0.2, 0.25) is 0 Å². The molecule has 0 aliphatic rings. The molecule has 90 valence electrons. The lowest BCUT2D eigenvalue weighted by molar-refractivity contribution is -0.139. The molecule has 0 amide bonds. The van der Waals surface area contributed by atoms with Crippen molar-refractivity contribution in [3.05, 3.63) is 35.4 Å². The van der Waals surface area contributed by atoms with Gasteiger partial charge >= 0.3 is 0 Å². The lowest BCUT2D eigenvalue weighted by Gasteiger charge is -2.16. The standard InChI is InChI=1S/C14H22O2/c1-4-15-14(16-5-2)11-10-13-8-6-12(3)7-9-13/h6-9,14H,4-5,10-11H2,1-3H3. The molecule has 0 fully saturated rings. The third kappa shape index (κ3) is 4.77. The first-order valence-corrected chi connectivity index (χ1v) is 6.05. The van der Waals surface area contributed by atoms with Gasteiger partial charge in [-0.05, 0) is 32.8 Å². The molecule has 0 bridgehead atoms. The van der Waals surface area contributed by atoms with Crippen LogP contribution in [0.25, 0.3) is 0 Å². The van der Waals surface area contributed by atoms with Crippen molar-refractivity contribution < 1.29 is 9.47 Å². The van der Waals surface area contributed by atoms with Gasteiger partial charge in [0.1, 0.15) is 0 Å². The van der Waals surface area contributed by atoms with Crippen molar-refractivity contribution in [1.29, 1.82) is 0 Å². The van der Waals surface area contributed by atoms with Crippen LogP contribution < -0.4 is 0 Å². The predicted molar refractivity (Wildman–Crippen MR) is 66.5 cm³/mol. The molecule has 0 saturated carbocycles. The highest BCUT2D eigenvalue weighted by molar-refractivity contribution is 5.21. The van der Waals surface area contributed by atoms with E-state index < -0.39 is 0 Å². The van der Waals surface area contributed by atoms with Crippen LogP contribution in [-0.2, 0) is 15.9 Å². The molecule has 0 aromatic heterocycles. The van der Waals surface area contributed by atoms with Gasteiger partial charge in [0.05, 0.1) is 0 Å². The molecule has 0 atom stereocenters. The molecule has 0 aliphatic heterocycles. The van der Waals surface area contributed by atoms with Crippen molar-refractivity contribution in [2.24, 2.45) is 0 Å². The normalized spacial score (nSPS) is 11.0. The summed E-state index contributed by atoms with van der Waals surface area (Å²) < 4.78 is 11.0. The van der Waals surface area contributed by atoms with Gasteiger partial charge in [0, 0.05) is 19.6 Å². The highest BCUT2D eigenvalue weighted by atomic mass is 16.7. The average Bonchev–Trinajstić information content (AvgIpc) is 2.29. The third-order valence-corrected chi connectivity index (χ3v) is 2.49. The van der Waals surface area contributed by atoms with E-state index in [1.54, 1.807) is 0 Å². The first kappa shape index (κ1) is 13.2. The average molecular weight is 222 g/mol. The quantitative estimate of drug-likeness (QED) is 0.659. The Hall–Kier alpha value is -0.860. The van der Waals surface area contributed by atoms with Crippen molar-refractivity contribution in [2.45, 2.75) is 39.9 Å². The molecule has 0 spiro atoms. The molecule has 1 aromatic carbocycles. The zero-order valence-electron chi connectivity index (χ0n) is 10.5. The minimum Gasteiger partial charge on any atom is -0.353 e. The number of hydrogen-bond acceptors (Lipinski definition) is 2. The minimum absolute atomic E-state index is 0.0590. The van der Waals surface area contributed by atoms with Gasteiger partial charge in [-0.2, -0.15) is 0 Å². The number of hydrogen-bond donors (Lipinski definition) is 0. The Bertz CT molecular complexity index is 273. The Morgan fingerprint density at radius 1 is 1.00 bits per heavy atom. The van der Waals surface area contributed by atoms with Gasteiger partial charge in [-0.1, -0.05) is 29.8 Å². The molecule has 0 N–H and O–H groups in total. The van der Waals surface area contributed by atoms with Gasteiger partial charge in [0.25, 0.3) is 0 Å². The molecule has 1 aromatic rings. The second-order valence-corrected chi connectivity index (χ2v) is 3.86. The van der Waals surface area contributed by atoms with Gasteiger partial charge in [-0.25, -0.2) is 0 Å². The van der Waals surface area contributed by atoms with Gasteiger partial charge < -0.3 is 9.47 Å². The summed E-state index contributed by atoms with van der Waals surface area (Å²) in [5.74, 6) is 0. The number of aryl methyl sites for hydroxylation is 2. The smallest absolute Gasteiger partial charge is 0.157 e. The fourth-order valence-corrected chi connectivity index (χ4v) is 1.63. The summed E-state index contributed by atoms with van der Waals surface area (Å²) in [7, 11) is 0. The highest BCUT2D eigenvalue weighted by Gasteiger charge is 2.07. The molecule has 0 aliphatic carbocycles. The molecule has 0 radical (unpaired) electrons. The maximum absolute atomic E-state index is 5.51. The fraction of sp³-hybridized carbons (Fsp3) is 0.571. The van der Waals surface area contributed by atoms with Gasteiger partial charge in [0.2, 0.25) is 0 Å². The summed E-state index contributed by atoms with van der Waals surface area (Å²) in [6.45, 7) is 7.51. The van der Waals surface area contributed by atoms with Crippen LogP contribution in [-0.4, -0.2) is 19.5 Å². The lowest BCUT2D eigenvalue weighted by atomic mass is 10.1. The Morgan fingerprint density at radius 3 is 2.06 bits per heavy atom. The summed E-state index contributed by atoms with van der Waals surface area (Å²) in [5, 5.41) is 0. The van der Waals surface area contributed by atoms with Crippen molar-refractivity contribution in [3.63, 3.8) is 0 Å². The Kier molecular flexibility index (Phi) is 6.12. The Balaban J connectivity index is 2.38. The second kappa shape index (κ2) is 7.42. The SMILES string of the molecule is CCOC(CCc1ccc(C)cc1)OCC. The Labute approximate surface area is 98.6 Å². The molecule has 1 rings (SSSR count). The largest absolute Gasteiger partial charge is 0.353 e. The van der Waals surface area contributed by atoms with Crippen molar-refractivity contribution >= 4 is 0 Å². The van der Waals surface area contributed by atoms with E-state index in [1.807, 2.05) is 13.8 Å². The summed E-state index contributed by atoms with van der Waals surface area (Å²) in [5.41, 5.74) is 2.64. The molecular formula is C14H22O2. The molecule has 0 saturated heterocycles. The van der Waals surface area contributed by atoms with E-state index >= 15 is 0 Å². The molecule has 0 unspecified atom stereocenters. The first-order valence-electron chi connectivity index (χ1n) is 6.05. The van der Waals surface area contributed by atoms with Crippen LogP contribution in [0, 0.1) is 6.92 Å². The van der Waals surface area contributed by atoms with Crippen LogP contribution in [0.15, 0.2) is 24.3 Å². The van der Waals surface area contributed by atoms with Gasteiger partial charge in [-0.3, -0.25) is 0 Å². The zero-order chi connectivity index (χ0) is 11.8. The van der Waals surface area contributed by atoms with Crippen LogP contribution in [0.3, 0.4) is 0 Å². The topological polar surface area (TPSA) is 18.5 Å². The van der Waals surface area contributed by atoms with E-state index in [9.17, 15) is 0 Å². The van der Waals surface area contributed by atoms with Crippen LogP contribution >= 0.6 is 0 Å². The zero-order valence-corrected chi connectivity index (χ0v) is 10.5. The van der Waals surface area contributed by atoms with E-state index in [0.29, 0.717) is 13.2 Å². The predicted octanol–water partition coefficient (Wildman–Crippen LogP) is 3.33. The number of benzene rings is 1. The third-order valence-electron chi connectivity index (χ3n) is 2.49. The first-order chi connectivity index (χ1) is 7.76. The summed E-state index contributed by atoms with van der Waals surface area (Å²) in [6.07, 6.45) is 1.87. The van der Waals surface area contributed by atoms with E-state index in [0.717, 1.165) is 12.8 Å². The summed E-state index contributed by atoms with van der Waals surface area (Å²) >= 11 is 0. The van der Waals surface area contributed by atoms with Crippen LogP contribution in [0.5, 0.6) is 0 Å². The van der Waals surface area contributed by atoms with E-state index in [-0.39, 0.29) is 6.29 Å². The van der Waals surface area contributed by atoms with E-state index in [1.165, 1.54) is 11.1 Å². The van der Waals surface area contributed by atoms with Crippen molar-refractivity contribution in [1.82, 2.24) is 0 Å². The summed E-state index contributed by atoms with van der Waals surface area (Å²) in [6, 6.07) is 8.63. The van der Waals surface area contributed by atoms with Crippen molar-refractivity contribution in [3.8, 4) is 0 Å². The van der Waals surface area contributed by atoms with E-state index in [4.69, 9.17) is 9.47 Å². The highest BCUT2D eigenvalue weighted by Crippen LogP contribution is 2.10. The van der Waals surface area contributed by atoms with E-state index in [2.05, 4.69) is 31.2 Å². The second-order valence-electron chi connectivity index (χ2n) is 3.86. The van der Waals surface area contributed by atoms with Crippen LogP contribution in [0.4, 0.5) is 0 Å². The van der Waals surface area contributed by atoms with Crippen molar-refractivity contribution in [2.75, 3.05) is 13.2 Å². The van der Waals surface area contributed by atoms with Gasteiger partial charge in [0.15, 0.2) is 6.29 Å². The molecule has 2 nitrogen and oxygen atoms in total. The minimum atomic E-state index is -0.0590. The number of rotatable bonds is 7. The summed E-state index contributed by atoms with van der Waals surface area (Å²) in [4.78, 5) is 0. The monoisotopic (exact) mass is 222 g/mol. The Morgan fingerprint density at radius 2 is 1.56 bits per heavy atom. The molecule has 2 heteroatoms. The molecule has 0 heterocycles. The lowest BCUT2D eigenvalue weighted by Crippen LogP contribution is -2.18.